The van der Waals surface area contributed by atoms with Crippen LogP contribution < -0.4 is 5.32 Å². The van der Waals surface area contributed by atoms with Crippen molar-refractivity contribution in [1.82, 2.24) is 5.32 Å². The molecular weight excluding hydrogens is 148 g/mol. The largest absolute Gasteiger partial charge is 0.319 e. The van der Waals surface area contributed by atoms with E-state index in [0.717, 1.165) is 24.1 Å². The molecule has 1 aromatic carbocycles. The summed E-state index contributed by atoms with van der Waals surface area (Å²) in [7, 11) is 1.91. The molecule has 0 unspecified atom stereocenters. The number of likely N-dealkylation sites (N-methyl/N-ethyl adjacent to an activating group) is 1. The summed E-state index contributed by atoms with van der Waals surface area (Å²) < 4.78 is 0. The van der Waals surface area contributed by atoms with E-state index >= 15 is 0 Å². The predicted octanol–water partition coefficient (Wildman–Crippen LogP) is 1.32. The van der Waals surface area contributed by atoms with Gasteiger partial charge in [0.15, 0.2) is 0 Å². The summed E-state index contributed by atoms with van der Waals surface area (Å²) in [5.74, 6) is 0. The molecule has 2 nitrogen and oxygen atoms in total. The van der Waals surface area contributed by atoms with E-state index in [-0.39, 0.29) is 0 Å². The van der Waals surface area contributed by atoms with Crippen LogP contribution in [0.4, 0.5) is 0 Å². The van der Waals surface area contributed by atoms with Gasteiger partial charge in [0.1, 0.15) is 0 Å². The van der Waals surface area contributed by atoms with Crippen molar-refractivity contribution < 1.29 is 0 Å². The monoisotopic (exact) mass is 160 g/mol. The summed E-state index contributed by atoms with van der Waals surface area (Å²) in [6, 6.07) is 9.88. The minimum absolute atomic E-state index is 0.785. The topological polar surface area (TPSA) is 35.8 Å². The van der Waals surface area contributed by atoms with E-state index in [1.807, 2.05) is 31.3 Å². The maximum Gasteiger partial charge on any atom is 0.0994 e. The second-order valence-corrected chi connectivity index (χ2v) is 2.62. The maximum atomic E-state index is 8.75. The molecule has 0 spiro atoms. The average molecular weight is 160 g/mol. The Hall–Kier alpha value is -1.33. The van der Waals surface area contributed by atoms with Crippen LogP contribution in [-0.4, -0.2) is 13.6 Å². The van der Waals surface area contributed by atoms with Crippen molar-refractivity contribution in [1.29, 1.82) is 5.26 Å². The Kier molecular flexibility index (Phi) is 3.31. The average Bonchev–Trinajstić information content (AvgIpc) is 2.15. The Morgan fingerprint density at radius 3 is 2.83 bits per heavy atom. The van der Waals surface area contributed by atoms with Gasteiger partial charge in [0.05, 0.1) is 11.6 Å². The standard InChI is InChI=1S/C10H12N2/c1-12-7-6-9-4-2-3-5-10(9)8-11/h2-5,12H,6-7H2,1H3. The summed E-state index contributed by atoms with van der Waals surface area (Å²) in [6.07, 6.45) is 0.917. The van der Waals surface area contributed by atoms with Gasteiger partial charge in [-0.3, -0.25) is 0 Å². The van der Waals surface area contributed by atoms with Crippen LogP contribution in [0.25, 0.3) is 0 Å². The zero-order chi connectivity index (χ0) is 8.81. The molecule has 1 rings (SSSR count). The maximum absolute atomic E-state index is 8.75. The van der Waals surface area contributed by atoms with Crippen molar-refractivity contribution in [3.63, 3.8) is 0 Å². The number of rotatable bonds is 3. The molecule has 0 fully saturated rings. The normalized spacial score (nSPS) is 9.33. The van der Waals surface area contributed by atoms with Gasteiger partial charge >= 0.3 is 0 Å². The smallest absolute Gasteiger partial charge is 0.0994 e. The molecule has 0 aliphatic carbocycles. The van der Waals surface area contributed by atoms with E-state index < -0.39 is 0 Å². The summed E-state index contributed by atoms with van der Waals surface area (Å²) >= 11 is 0. The molecule has 0 aliphatic rings. The van der Waals surface area contributed by atoms with E-state index in [9.17, 15) is 0 Å². The van der Waals surface area contributed by atoms with Crippen molar-refractivity contribution in [2.45, 2.75) is 6.42 Å². The van der Waals surface area contributed by atoms with Gasteiger partial charge in [-0.15, -0.1) is 0 Å². The highest BCUT2D eigenvalue weighted by molar-refractivity contribution is 5.37. The molecule has 12 heavy (non-hydrogen) atoms. The number of benzene rings is 1. The lowest BCUT2D eigenvalue weighted by atomic mass is 10.1. The fourth-order valence-corrected chi connectivity index (χ4v) is 1.11. The first-order valence-corrected chi connectivity index (χ1v) is 4.01. The predicted molar refractivity (Wildman–Crippen MR) is 48.8 cm³/mol. The fraction of sp³-hybridized carbons (Fsp3) is 0.300. The van der Waals surface area contributed by atoms with Crippen molar-refractivity contribution in [2.24, 2.45) is 0 Å². The van der Waals surface area contributed by atoms with E-state index in [1.54, 1.807) is 0 Å². The molecule has 0 aliphatic heterocycles. The molecule has 2 heteroatoms. The lowest BCUT2D eigenvalue weighted by Crippen LogP contribution is -2.10. The zero-order valence-electron chi connectivity index (χ0n) is 7.17. The molecule has 1 N–H and O–H groups in total. The van der Waals surface area contributed by atoms with Gasteiger partial charge in [-0.1, -0.05) is 18.2 Å². The van der Waals surface area contributed by atoms with Gasteiger partial charge in [-0.2, -0.15) is 5.26 Å². The second kappa shape index (κ2) is 4.53. The van der Waals surface area contributed by atoms with Crippen molar-refractivity contribution >= 4 is 0 Å². The minimum Gasteiger partial charge on any atom is -0.319 e. The molecule has 0 atom stereocenters. The Morgan fingerprint density at radius 2 is 2.17 bits per heavy atom. The van der Waals surface area contributed by atoms with E-state index in [0.29, 0.717) is 0 Å². The zero-order valence-corrected chi connectivity index (χ0v) is 7.17. The van der Waals surface area contributed by atoms with Crippen molar-refractivity contribution in [3.05, 3.63) is 35.4 Å². The highest BCUT2D eigenvalue weighted by atomic mass is 14.8. The van der Waals surface area contributed by atoms with Crippen LogP contribution in [0.15, 0.2) is 24.3 Å². The molecule has 0 amide bonds. The van der Waals surface area contributed by atoms with Crippen molar-refractivity contribution in [2.75, 3.05) is 13.6 Å². The lowest BCUT2D eigenvalue weighted by Gasteiger charge is -2.01. The molecule has 0 heterocycles. The van der Waals surface area contributed by atoms with E-state index in [4.69, 9.17) is 5.26 Å². The van der Waals surface area contributed by atoms with Crippen LogP contribution in [0, 0.1) is 11.3 Å². The Balaban J connectivity index is 2.77. The van der Waals surface area contributed by atoms with Crippen LogP contribution in [0.3, 0.4) is 0 Å². The molecule has 0 bridgehead atoms. The molecule has 1 aromatic rings. The number of nitrogens with one attached hydrogen (secondary N) is 1. The summed E-state index contributed by atoms with van der Waals surface area (Å²) in [5, 5.41) is 11.8. The van der Waals surface area contributed by atoms with Crippen LogP contribution in [0.5, 0.6) is 0 Å². The minimum atomic E-state index is 0.785. The lowest BCUT2D eigenvalue weighted by molar-refractivity contribution is 0.790. The molecule has 62 valence electrons. The quantitative estimate of drug-likeness (QED) is 0.723. The SMILES string of the molecule is CNCCc1ccccc1C#N. The van der Waals surface area contributed by atoms with E-state index in [2.05, 4.69) is 11.4 Å². The first-order valence-electron chi connectivity index (χ1n) is 4.01. The Bertz CT molecular complexity index is 286. The highest BCUT2D eigenvalue weighted by Crippen LogP contribution is 2.06. The Labute approximate surface area is 72.8 Å². The fourth-order valence-electron chi connectivity index (χ4n) is 1.11. The van der Waals surface area contributed by atoms with Crippen LogP contribution in [0.1, 0.15) is 11.1 Å². The van der Waals surface area contributed by atoms with Gasteiger partial charge in [-0.25, -0.2) is 0 Å². The highest BCUT2D eigenvalue weighted by Gasteiger charge is 1.98. The van der Waals surface area contributed by atoms with Gasteiger partial charge in [0.2, 0.25) is 0 Å². The third kappa shape index (κ3) is 2.08. The number of nitrogens with zero attached hydrogens (tertiary/aromatic N) is 1. The second-order valence-electron chi connectivity index (χ2n) is 2.62. The number of hydrogen-bond acceptors (Lipinski definition) is 2. The summed E-state index contributed by atoms with van der Waals surface area (Å²) in [6.45, 7) is 0.915. The first-order chi connectivity index (χ1) is 5.88. The van der Waals surface area contributed by atoms with Gasteiger partial charge in [-0.05, 0) is 31.6 Å². The van der Waals surface area contributed by atoms with Crippen molar-refractivity contribution in [3.8, 4) is 6.07 Å². The first kappa shape index (κ1) is 8.76. The van der Waals surface area contributed by atoms with Gasteiger partial charge in [0.25, 0.3) is 0 Å². The number of hydrogen-bond donors (Lipinski definition) is 1. The molecule has 0 radical (unpaired) electrons. The van der Waals surface area contributed by atoms with Crippen LogP contribution in [0.2, 0.25) is 0 Å². The van der Waals surface area contributed by atoms with Gasteiger partial charge in [0, 0.05) is 0 Å². The Morgan fingerprint density at radius 1 is 1.42 bits per heavy atom. The van der Waals surface area contributed by atoms with Crippen LogP contribution >= 0.6 is 0 Å². The van der Waals surface area contributed by atoms with Crippen LogP contribution in [-0.2, 0) is 6.42 Å². The molecule has 0 saturated heterocycles. The van der Waals surface area contributed by atoms with E-state index in [1.165, 1.54) is 0 Å². The van der Waals surface area contributed by atoms with Gasteiger partial charge < -0.3 is 5.32 Å². The number of nitriles is 1. The summed E-state index contributed by atoms with van der Waals surface area (Å²) in [4.78, 5) is 0. The summed E-state index contributed by atoms with van der Waals surface area (Å²) in [5.41, 5.74) is 1.90. The third-order valence-electron chi connectivity index (χ3n) is 1.78. The molecular formula is C10H12N2. The molecule has 0 saturated carbocycles. The molecule has 0 aromatic heterocycles. The third-order valence-corrected chi connectivity index (χ3v) is 1.78.